The van der Waals surface area contributed by atoms with Gasteiger partial charge in [0.2, 0.25) is 0 Å². The summed E-state index contributed by atoms with van der Waals surface area (Å²) in [6.07, 6.45) is -6.51. The molecule has 25 heavy (non-hydrogen) atoms. The highest BCUT2D eigenvalue weighted by molar-refractivity contribution is 7.07. The summed E-state index contributed by atoms with van der Waals surface area (Å²) in [5, 5.41) is 4.38. The molecule has 1 aromatic heterocycles. The van der Waals surface area contributed by atoms with E-state index in [-0.39, 0.29) is 17.7 Å². The van der Waals surface area contributed by atoms with Crippen LogP contribution in [-0.2, 0) is 11.3 Å². The van der Waals surface area contributed by atoms with Crippen LogP contribution in [0.2, 0.25) is 0 Å². The molecule has 0 spiro atoms. The molecule has 5 nitrogen and oxygen atoms in total. The molecule has 0 saturated heterocycles. The molecular weight excluding hydrogens is 357 g/mol. The maximum absolute atomic E-state index is 12.7. The fourth-order valence-corrected chi connectivity index (χ4v) is 3.14. The first-order valence-corrected chi connectivity index (χ1v) is 8.08. The zero-order valence-electron chi connectivity index (χ0n) is 12.6. The summed E-state index contributed by atoms with van der Waals surface area (Å²) in [6.45, 7) is -0.302. The molecule has 1 aliphatic rings. The molecule has 0 unspecified atom stereocenters. The molecule has 9 heteroatoms. The Morgan fingerprint density at radius 1 is 1.08 bits per heavy atom. The van der Waals surface area contributed by atoms with Crippen molar-refractivity contribution in [3.8, 4) is 0 Å². The van der Waals surface area contributed by atoms with Gasteiger partial charge in [0.15, 0.2) is 0 Å². The van der Waals surface area contributed by atoms with Crippen LogP contribution in [0.25, 0.3) is 0 Å². The summed E-state index contributed by atoms with van der Waals surface area (Å²) >= 11 is 1.29. The lowest BCUT2D eigenvalue weighted by Gasteiger charge is -2.30. The zero-order valence-corrected chi connectivity index (χ0v) is 13.4. The van der Waals surface area contributed by atoms with Gasteiger partial charge in [0, 0.05) is 0 Å². The molecule has 3 amide bonds. The topological polar surface area (TPSA) is 57.7 Å². The fourth-order valence-electron chi connectivity index (χ4n) is 2.48. The maximum atomic E-state index is 12.7. The van der Waals surface area contributed by atoms with Gasteiger partial charge in [-0.15, -0.1) is 0 Å². The van der Waals surface area contributed by atoms with E-state index in [9.17, 15) is 27.6 Å². The second-order valence-electron chi connectivity index (χ2n) is 5.34. The van der Waals surface area contributed by atoms with Gasteiger partial charge in [-0.1, -0.05) is 12.1 Å². The number of alkyl halides is 3. The maximum Gasteiger partial charge on any atom is 0.397 e. The molecule has 130 valence electrons. The summed E-state index contributed by atoms with van der Waals surface area (Å²) in [5.41, 5.74) is 0.641. The first-order valence-electron chi connectivity index (χ1n) is 7.14. The van der Waals surface area contributed by atoms with E-state index in [1.165, 1.54) is 35.6 Å². The normalized spacial score (nSPS) is 14.0. The predicted molar refractivity (Wildman–Crippen MR) is 82.5 cm³/mol. The number of hydrazine groups is 1. The smallest absolute Gasteiger partial charge is 0.273 e. The standard InChI is InChI=1S/C16H11F3N2O3S/c17-16(18,19)7-13(22)20(8-10-5-6-25-9-10)21-14(23)11-3-1-2-4-12(11)15(21)24/h1-6,9H,7-8H2. The van der Waals surface area contributed by atoms with Crippen LogP contribution in [0.3, 0.4) is 0 Å². The number of hydrogen-bond donors (Lipinski definition) is 0. The fraction of sp³-hybridized carbons (Fsp3) is 0.188. The van der Waals surface area contributed by atoms with E-state index >= 15 is 0 Å². The van der Waals surface area contributed by atoms with Crippen molar-refractivity contribution in [2.45, 2.75) is 19.1 Å². The van der Waals surface area contributed by atoms with Gasteiger partial charge >= 0.3 is 6.18 Å². The minimum Gasteiger partial charge on any atom is -0.273 e. The highest BCUT2D eigenvalue weighted by Gasteiger charge is 2.43. The highest BCUT2D eigenvalue weighted by atomic mass is 32.1. The van der Waals surface area contributed by atoms with Gasteiger partial charge in [0.05, 0.1) is 17.7 Å². The van der Waals surface area contributed by atoms with Gasteiger partial charge in [0.25, 0.3) is 17.7 Å². The molecule has 0 aliphatic carbocycles. The lowest BCUT2D eigenvalue weighted by molar-refractivity contribution is -0.169. The number of carbonyl (C=O) groups excluding carboxylic acids is 3. The van der Waals surface area contributed by atoms with Crippen LogP contribution in [0.4, 0.5) is 13.2 Å². The van der Waals surface area contributed by atoms with Crippen molar-refractivity contribution in [1.82, 2.24) is 10.0 Å². The summed E-state index contributed by atoms with van der Waals surface area (Å²) < 4.78 is 38.0. The summed E-state index contributed by atoms with van der Waals surface area (Å²) in [4.78, 5) is 37.1. The molecule has 2 heterocycles. The number of imide groups is 1. The van der Waals surface area contributed by atoms with Crippen LogP contribution < -0.4 is 0 Å². The minimum atomic E-state index is -4.75. The number of nitrogens with zero attached hydrogens (tertiary/aromatic N) is 2. The summed E-state index contributed by atoms with van der Waals surface area (Å²) in [7, 11) is 0. The number of fused-ring (bicyclic) bond motifs is 1. The quantitative estimate of drug-likeness (QED) is 0.779. The molecular formula is C16H11F3N2O3S. The van der Waals surface area contributed by atoms with Gasteiger partial charge in [0.1, 0.15) is 6.42 Å². The zero-order chi connectivity index (χ0) is 18.2. The van der Waals surface area contributed by atoms with Crippen molar-refractivity contribution in [2.75, 3.05) is 0 Å². The summed E-state index contributed by atoms with van der Waals surface area (Å²) in [5.74, 6) is -2.99. The molecule has 0 saturated carbocycles. The molecule has 0 bridgehead atoms. The molecule has 0 fully saturated rings. The van der Waals surface area contributed by atoms with E-state index in [1.807, 2.05) is 0 Å². The first-order chi connectivity index (χ1) is 11.8. The Labute approximate surface area is 144 Å². The van der Waals surface area contributed by atoms with Crippen molar-refractivity contribution in [2.24, 2.45) is 0 Å². The van der Waals surface area contributed by atoms with E-state index in [1.54, 1.807) is 16.8 Å². The number of halogens is 3. The Kier molecular flexibility index (Phi) is 4.34. The molecule has 0 N–H and O–H groups in total. The number of amides is 3. The van der Waals surface area contributed by atoms with Crippen LogP contribution in [0.1, 0.15) is 32.7 Å². The molecule has 1 aliphatic heterocycles. The molecule has 2 aromatic rings. The van der Waals surface area contributed by atoms with Crippen molar-refractivity contribution >= 4 is 29.1 Å². The van der Waals surface area contributed by atoms with E-state index in [2.05, 4.69) is 0 Å². The Hall–Kier alpha value is -2.68. The average molecular weight is 368 g/mol. The van der Waals surface area contributed by atoms with Gasteiger partial charge in [-0.2, -0.15) is 29.5 Å². The van der Waals surface area contributed by atoms with Gasteiger partial charge in [-0.3, -0.25) is 14.4 Å². The number of thiophene rings is 1. The third kappa shape index (κ3) is 3.41. The van der Waals surface area contributed by atoms with Crippen LogP contribution in [-0.4, -0.2) is 33.9 Å². The highest BCUT2D eigenvalue weighted by Crippen LogP contribution is 2.28. The van der Waals surface area contributed by atoms with E-state index < -0.39 is 30.3 Å². The number of benzene rings is 1. The van der Waals surface area contributed by atoms with Gasteiger partial charge in [-0.25, -0.2) is 5.01 Å². The summed E-state index contributed by atoms with van der Waals surface area (Å²) in [6, 6.07) is 7.47. The lowest BCUT2D eigenvalue weighted by Crippen LogP contribution is -2.50. The first kappa shape index (κ1) is 17.2. The van der Waals surface area contributed by atoms with Crippen molar-refractivity contribution < 1.29 is 27.6 Å². The Morgan fingerprint density at radius 2 is 1.68 bits per heavy atom. The second-order valence-corrected chi connectivity index (χ2v) is 6.12. The van der Waals surface area contributed by atoms with Crippen LogP contribution in [0, 0.1) is 0 Å². The van der Waals surface area contributed by atoms with E-state index in [0.29, 0.717) is 15.6 Å². The minimum absolute atomic E-state index is 0.0580. The lowest BCUT2D eigenvalue weighted by atomic mass is 10.1. The predicted octanol–water partition coefficient (Wildman–Crippen LogP) is 3.24. The Balaban J connectivity index is 1.96. The van der Waals surface area contributed by atoms with Crippen LogP contribution in [0.5, 0.6) is 0 Å². The van der Waals surface area contributed by atoms with Crippen LogP contribution in [0.15, 0.2) is 41.1 Å². The SMILES string of the molecule is O=C(CC(F)(F)F)N(Cc1ccsc1)N1C(=O)c2ccccc2C1=O. The van der Waals surface area contributed by atoms with Crippen molar-refractivity contribution in [3.63, 3.8) is 0 Å². The van der Waals surface area contributed by atoms with Gasteiger partial charge < -0.3 is 0 Å². The second kappa shape index (κ2) is 6.32. The average Bonchev–Trinajstić information content (AvgIpc) is 3.12. The van der Waals surface area contributed by atoms with Crippen molar-refractivity contribution in [3.05, 3.63) is 57.8 Å². The van der Waals surface area contributed by atoms with Crippen molar-refractivity contribution in [1.29, 1.82) is 0 Å². The Bertz CT molecular complexity index is 798. The number of hydrogen-bond acceptors (Lipinski definition) is 4. The molecule has 0 atom stereocenters. The van der Waals surface area contributed by atoms with E-state index in [4.69, 9.17) is 0 Å². The molecule has 3 rings (SSSR count). The number of rotatable bonds is 4. The van der Waals surface area contributed by atoms with E-state index in [0.717, 1.165) is 0 Å². The largest absolute Gasteiger partial charge is 0.397 e. The third-order valence-corrected chi connectivity index (χ3v) is 4.30. The third-order valence-electron chi connectivity index (χ3n) is 3.57. The van der Waals surface area contributed by atoms with Gasteiger partial charge in [-0.05, 0) is 34.5 Å². The molecule has 1 aromatic carbocycles. The number of carbonyl (C=O) groups is 3. The molecule has 0 radical (unpaired) electrons. The monoisotopic (exact) mass is 368 g/mol. The Morgan fingerprint density at radius 3 is 2.16 bits per heavy atom. The van der Waals surface area contributed by atoms with Crippen LogP contribution >= 0.6 is 11.3 Å².